The zero-order chi connectivity index (χ0) is 63.6. The molecule has 0 aromatic carbocycles. The number of rotatable bonds is 66. The summed E-state index contributed by atoms with van der Waals surface area (Å²) in [4.78, 5) is 72.1. The van der Waals surface area contributed by atoms with Crippen molar-refractivity contribution in [2.45, 2.75) is 355 Å². The first-order valence-electron chi connectivity index (χ1n) is 35.1. The summed E-state index contributed by atoms with van der Waals surface area (Å²) in [6.45, 7) is 9.50. The van der Waals surface area contributed by atoms with Crippen LogP contribution in [0.5, 0.6) is 0 Å². The first-order valence-corrected chi connectivity index (χ1v) is 38.1. The van der Waals surface area contributed by atoms with E-state index in [9.17, 15) is 43.2 Å². The van der Waals surface area contributed by atoms with Crippen LogP contribution in [0, 0.1) is 11.8 Å². The van der Waals surface area contributed by atoms with E-state index < -0.39 is 97.5 Å². The molecule has 86 heavy (non-hydrogen) atoms. The van der Waals surface area contributed by atoms with E-state index >= 15 is 0 Å². The van der Waals surface area contributed by atoms with E-state index in [0.717, 1.165) is 108 Å². The molecule has 0 fully saturated rings. The minimum absolute atomic E-state index is 0.105. The number of carbonyl (C=O) groups excluding carboxylic acids is 4. The second-order valence-corrected chi connectivity index (χ2v) is 27.6. The van der Waals surface area contributed by atoms with Crippen LogP contribution in [0.2, 0.25) is 0 Å². The fourth-order valence-corrected chi connectivity index (χ4v) is 11.6. The van der Waals surface area contributed by atoms with Gasteiger partial charge in [0.1, 0.15) is 19.3 Å². The molecule has 0 rings (SSSR count). The van der Waals surface area contributed by atoms with Crippen molar-refractivity contribution in [3.05, 3.63) is 0 Å². The Balaban J connectivity index is 5.16. The maximum atomic E-state index is 13.0. The Hall–Kier alpha value is -1.94. The van der Waals surface area contributed by atoms with Gasteiger partial charge in [0.05, 0.1) is 26.4 Å². The molecule has 0 saturated heterocycles. The largest absolute Gasteiger partial charge is 0.472 e. The SMILES string of the molecule is CCCCCCCCCCCC(=O)O[C@H](COC(=O)CCCCCCC)COP(=O)(O)OC[C@H](O)COP(=O)(O)OC[C@@H](COC(=O)CCCCCCCCCCCCC(C)CC)OC(=O)CCCCCCCCCCCCCCCCC(C)CC. The van der Waals surface area contributed by atoms with Crippen molar-refractivity contribution in [1.29, 1.82) is 0 Å². The third-order valence-corrected chi connectivity index (χ3v) is 18.1. The molecule has 0 aromatic heterocycles. The quantitative estimate of drug-likeness (QED) is 0.0222. The number of aliphatic hydroxyl groups excluding tert-OH is 1. The summed E-state index contributed by atoms with van der Waals surface area (Å²) >= 11 is 0. The van der Waals surface area contributed by atoms with Crippen LogP contribution in [-0.2, 0) is 65.4 Å². The van der Waals surface area contributed by atoms with Crippen LogP contribution in [-0.4, -0.2) is 96.7 Å². The standard InChI is InChI=1S/C67H130O17P2/c1-7-11-13-15-16-25-33-39-45-51-66(71)83-62(55-77-64(69)49-43-35-14-12-8-2)57-81-85(73,74)79-53-61(68)54-80-86(75,76)82-58-63(56-78-65(70)50-44-38-32-28-24-23-27-31-37-42-48-60(6)10-4)84-67(72)52-46-40-34-29-22-20-18-17-19-21-26-30-36-41-47-59(5)9-3/h59-63,68H,7-58H2,1-6H3,(H,73,74)(H,75,76)/t59?,60?,61-,62+,63+/m0/s1. The lowest BCUT2D eigenvalue weighted by atomic mass is 9.99. The van der Waals surface area contributed by atoms with Crippen molar-refractivity contribution >= 4 is 39.5 Å². The number of aliphatic hydroxyl groups is 1. The molecule has 0 amide bonds. The van der Waals surface area contributed by atoms with Crippen molar-refractivity contribution in [1.82, 2.24) is 0 Å². The van der Waals surface area contributed by atoms with Gasteiger partial charge >= 0.3 is 39.5 Å². The molecule has 0 aliphatic carbocycles. The van der Waals surface area contributed by atoms with E-state index in [4.69, 9.17) is 37.0 Å². The summed E-state index contributed by atoms with van der Waals surface area (Å²) in [6, 6.07) is 0. The number of hydrogen-bond acceptors (Lipinski definition) is 15. The van der Waals surface area contributed by atoms with Crippen molar-refractivity contribution in [3.63, 3.8) is 0 Å². The molecule has 0 bridgehead atoms. The highest BCUT2D eigenvalue weighted by atomic mass is 31.2. The van der Waals surface area contributed by atoms with Crippen molar-refractivity contribution in [2.75, 3.05) is 39.6 Å². The number of unbranched alkanes of at least 4 members (excludes halogenated alkanes) is 34. The maximum absolute atomic E-state index is 13.0. The minimum Gasteiger partial charge on any atom is -0.462 e. The van der Waals surface area contributed by atoms with E-state index in [1.807, 2.05) is 0 Å². The fraction of sp³-hybridized carbons (Fsp3) is 0.940. The monoisotopic (exact) mass is 1270 g/mol. The van der Waals surface area contributed by atoms with Gasteiger partial charge in [0.25, 0.3) is 0 Å². The molecule has 0 radical (unpaired) electrons. The van der Waals surface area contributed by atoms with E-state index in [2.05, 4.69) is 41.5 Å². The van der Waals surface area contributed by atoms with Crippen LogP contribution in [0.3, 0.4) is 0 Å². The molecule has 3 N–H and O–H groups in total. The summed E-state index contributed by atoms with van der Waals surface area (Å²) in [5, 5.41) is 10.5. The van der Waals surface area contributed by atoms with Gasteiger partial charge in [-0.2, -0.15) is 0 Å². The molecule has 510 valence electrons. The number of esters is 4. The number of ether oxygens (including phenoxy) is 4. The molecule has 19 heteroatoms. The lowest BCUT2D eigenvalue weighted by Gasteiger charge is -2.21. The Morgan fingerprint density at radius 2 is 0.558 bits per heavy atom. The highest BCUT2D eigenvalue weighted by Crippen LogP contribution is 2.45. The summed E-state index contributed by atoms with van der Waals surface area (Å²) < 4.78 is 67.9. The second-order valence-electron chi connectivity index (χ2n) is 24.7. The Morgan fingerprint density at radius 1 is 0.326 bits per heavy atom. The first kappa shape index (κ1) is 84.1. The minimum atomic E-state index is -4.95. The molecule has 4 unspecified atom stereocenters. The predicted molar refractivity (Wildman–Crippen MR) is 345 cm³/mol. The predicted octanol–water partition coefficient (Wildman–Crippen LogP) is 18.8. The van der Waals surface area contributed by atoms with Crippen molar-refractivity contribution in [2.24, 2.45) is 11.8 Å². The molecule has 0 spiro atoms. The van der Waals surface area contributed by atoms with Gasteiger partial charge in [-0.05, 0) is 37.5 Å². The molecule has 0 heterocycles. The Bertz CT molecular complexity index is 1690. The van der Waals surface area contributed by atoms with Gasteiger partial charge in [-0.25, -0.2) is 9.13 Å². The summed E-state index contributed by atoms with van der Waals surface area (Å²) in [5.74, 6) is -0.485. The van der Waals surface area contributed by atoms with Gasteiger partial charge in [0, 0.05) is 25.7 Å². The van der Waals surface area contributed by atoms with Crippen LogP contribution < -0.4 is 0 Å². The number of carbonyl (C=O) groups is 4. The molecular formula is C67H130O17P2. The molecular weight excluding hydrogens is 1140 g/mol. The van der Waals surface area contributed by atoms with E-state index in [-0.39, 0.29) is 25.7 Å². The average molecular weight is 1270 g/mol. The van der Waals surface area contributed by atoms with Gasteiger partial charge in [0.15, 0.2) is 12.2 Å². The fourth-order valence-electron chi connectivity index (χ4n) is 10.00. The van der Waals surface area contributed by atoms with E-state index in [1.165, 1.54) is 148 Å². The normalized spacial score (nSPS) is 14.8. The van der Waals surface area contributed by atoms with Crippen molar-refractivity contribution in [3.8, 4) is 0 Å². The number of phosphoric acid groups is 2. The molecule has 0 aliphatic rings. The average Bonchev–Trinajstić information content (AvgIpc) is 3.71. The maximum Gasteiger partial charge on any atom is 0.472 e. The third-order valence-electron chi connectivity index (χ3n) is 16.2. The zero-order valence-corrected chi connectivity index (χ0v) is 57.4. The Kier molecular flexibility index (Phi) is 58.0. The Morgan fingerprint density at radius 3 is 0.826 bits per heavy atom. The zero-order valence-electron chi connectivity index (χ0n) is 55.6. The highest BCUT2D eigenvalue weighted by Gasteiger charge is 2.30. The van der Waals surface area contributed by atoms with Gasteiger partial charge < -0.3 is 33.8 Å². The number of hydrogen-bond donors (Lipinski definition) is 3. The lowest BCUT2D eigenvalue weighted by Crippen LogP contribution is -2.30. The van der Waals surface area contributed by atoms with Crippen LogP contribution in [0.1, 0.15) is 337 Å². The lowest BCUT2D eigenvalue weighted by molar-refractivity contribution is -0.161. The van der Waals surface area contributed by atoms with E-state index in [0.29, 0.717) is 25.7 Å². The molecule has 0 saturated carbocycles. The Labute approximate surface area is 524 Å². The molecule has 7 atom stereocenters. The third kappa shape index (κ3) is 58.4. The van der Waals surface area contributed by atoms with Crippen LogP contribution >= 0.6 is 15.6 Å². The van der Waals surface area contributed by atoms with Gasteiger partial charge in [-0.15, -0.1) is 0 Å². The van der Waals surface area contributed by atoms with Crippen molar-refractivity contribution < 1.29 is 80.2 Å². The second kappa shape index (κ2) is 59.4. The van der Waals surface area contributed by atoms with Gasteiger partial charge in [-0.1, -0.05) is 286 Å². The molecule has 0 aliphatic heterocycles. The topological polar surface area (TPSA) is 237 Å². The summed E-state index contributed by atoms with van der Waals surface area (Å²) in [7, 11) is -9.88. The van der Waals surface area contributed by atoms with Crippen LogP contribution in [0.25, 0.3) is 0 Å². The molecule has 0 aromatic rings. The molecule has 17 nitrogen and oxygen atoms in total. The van der Waals surface area contributed by atoms with Crippen LogP contribution in [0.15, 0.2) is 0 Å². The summed E-state index contributed by atoms with van der Waals surface area (Å²) in [6.07, 6.45) is 43.3. The first-order chi connectivity index (χ1) is 41.4. The number of phosphoric ester groups is 2. The summed E-state index contributed by atoms with van der Waals surface area (Å²) in [5.41, 5.74) is 0. The van der Waals surface area contributed by atoms with E-state index in [1.54, 1.807) is 0 Å². The smallest absolute Gasteiger partial charge is 0.462 e. The van der Waals surface area contributed by atoms with Gasteiger partial charge in [0.2, 0.25) is 0 Å². The van der Waals surface area contributed by atoms with Gasteiger partial charge in [-0.3, -0.25) is 37.3 Å². The highest BCUT2D eigenvalue weighted by molar-refractivity contribution is 7.47. The van der Waals surface area contributed by atoms with Crippen LogP contribution in [0.4, 0.5) is 0 Å².